The number of nitrogens with one attached hydrogen (secondary N) is 2. The van der Waals surface area contributed by atoms with Gasteiger partial charge in [-0.15, -0.1) is 0 Å². The van der Waals surface area contributed by atoms with E-state index in [9.17, 15) is 4.79 Å². The van der Waals surface area contributed by atoms with Gasteiger partial charge in [-0.25, -0.2) is 4.98 Å². The molecule has 0 bridgehead atoms. The van der Waals surface area contributed by atoms with Gasteiger partial charge in [0.25, 0.3) is 5.91 Å². The van der Waals surface area contributed by atoms with Crippen molar-refractivity contribution in [1.29, 1.82) is 0 Å². The second-order valence-electron chi connectivity index (χ2n) is 6.51. The van der Waals surface area contributed by atoms with Crippen LogP contribution in [0.2, 0.25) is 0 Å². The molecular weight excluding hydrogens is 336 g/mol. The molecule has 0 radical (unpaired) electrons. The van der Waals surface area contributed by atoms with Crippen LogP contribution in [-0.2, 0) is 0 Å². The fraction of sp³-hybridized carbons (Fsp3) is 0.136. The Balaban J connectivity index is 1.63. The van der Waals surface area contributed by atoms with Crippen LogP contribution in [0.1, 0.15) is 33.2 Å². The lowest BCUT2D eigenvalue weighted by molar-refractivity contribution is 0.0947. The average molecular weight is 356 g/mol. The summed E-state index contributed by atoms with van der Waals surface area (Å²) < 4.78 is 0. The Morgan fingerprint density at radius 3 is 2.59 bits per heavy atom. The highest BCUT2D eigenvalue weighted by atomic mass is 16.1. The lowest BCUT2D eigenvalue weighted by Gasteiger charge is -2.18. The number of carbonyl (C=O) groups is 1. The predicted molar refractivity (Wildman–Crippen MR) is 106 cm³/mol. The summed E-state index contributed by atoms with van der Waals surface area (Å²) in [5.41, 5.74) is 4.51. The van der Waals surface area contributed by atoms with E-state index in [1.807, 2.05) is 43.5 Å². The third kappa shape index (κ3) is 3.58. The molecule has 2 heterocycles. The van der Waals surface area contributed by atoms with Crippen LogP contribution in [-0.4, -0.2) is 27.4 Å². The van der Waals surface area contributed by atoms with Crippen LogP contribution < -0.4 is 5.32 Å². The number of nitrogens with zero attached hydrogens (tertiary/aromatic N) is 2. The number of H-pyrrole nitrogens is 1. The van der Waals surface area contributed by atoms with Crippen molar-refractivity contribution in [3.05, 3.63) is 95.7 Å². The lowest BCUT2D eigenvalue weighted by Crippen LogP contribution is -2.29. The quantitative estimate of drug-likeness (QED) is 0.571. The Labute approximate surface area is 157 Å². The predicted octanol–water partition coefficient (Wildman–Crippen LogP) is 3.83. The van der Waals surface area contributed by atoms with Gasteiger partial charge in [-0.1, -0.05) is 48.5 Å². The number of rotatable bonds is 5. The molecule has 0 unspecified atom stereocenters. The van der Waals surface area contributed by atoms with Crippen molar-refractivity contribution in [3.63, 3.8) is 0 Å². The van der Waals surface area contributed by atoms with Crippen molar-refractivity contribution in [3.8, 4) is 0 Å². The Morgan fingerprint density at radius 1 is 1.04 bits per heavy atom. The highest BCUT2D eigenvalue weighted by Gasteiger charge is 2.19. The normalized spacial score (nSPS) is 12.0. The maximum absolute atomic E-state index is 12.5. The van der Waals surface area contributed by atoms with E-state index in [1.54, 1.807) is 6.20 Å². The van der Waals surface area contributed by atoms with Gasteiger partial charge in [-0.2, -0.15) is 0 Å². The van der Waals surface area contributed by atoms with Crippen LogP contribution >= 0.6 is 0 Å². The smallest absolute Gasteiger partial charge is 0.271 e. The molecule has 0 saturated heterocycles. The van der Waals surface area contributed by atoms with E-state index in [2.05, 4.69) is 44.5 Å². The molecule has 0 fully saturated rings. The first kappa shape index (κ1) is 17.0. The van der Waals surface area contributed by atoms with E-state index in [-0.39, 0.29) is 11.8 Å². The van der Waals surface area contributed by atoms with Gasteiger partial charge < -0.3 is 10.3 Å². The largest absolute Gasteiger partial charge is 0.361 e. The Hall–Kier alpha value is -3.47. The van der Waals surface area contributed by atoms with E-state index in [1.165, 1.54) is 6.20 Å². The van der Waals surface area contributed by atoms with E-state index >= 15 is 0 Å². The molecule has 134 valence electrons. The minimum Gasteiger partial charge on any atom is -0.361 e. The SMILES string of the molecule is Cc1cnc(C(=O)NC[C@@H](c2ccccc2)c2c[nH]c3ccccc23)cn1. The number of aryl methyl sites for hydroxylation is 1. The third-order valence-electron chi connectivity index (χ3n) is 4.68. The zero-order chi connectivity index (χ0) is 18.6. The molecule has 5 nitrogen and oxygen atoms in total. The molecule has 2 N–H and O–H groups in total. The molecule has 1 atom stereocenters. The fourth-order valence-electron chi connectivity index (χ4n) is 3.27. The van der Waals surface area contributed by atoms with Crippen LogP contribution in [0.25, 0.3) is 10.9 Å². The number of carbonyl (C=O) groups excluding carboxylic acids is 1. The Morgan fingerprint density at radius 2 is 1.81 bits per heavy atom. The third-order valence-corrected chi connectivity index (χ3v) is 4.68. The number of hydrogen-bond acceptors (Lipinski definition) is 3. The monoisotopic (exact) mass is 356 g/mol. The number of benzene rings is 2. The summed E-state index contributed by atoms with van der Waals surface area (Å²) in [5.74, 6) is -0.187. The molecule has 0 aliphatic rings. The van der Waals surface area contributed by atoms with Gasteiger partial charge in [0.1, 0.15) is 5.69 Å². The molecule has 27 heavy (non-hydrogen) atoms. The molecule has 0 saturated carbocycles. The first-order chi connectivity index (χ1) is 13.2. The van der Waals surface area contributed by atoms with Crippen LogP contribution in [0.5, 0.6) is 0 Å². The zero-order valence-electron chi connectivity index (χ0n) is 15.0. The van der Waals surface area contributed by atoms with Gasteiger partial charge in [-0.05, 0) is 24.1 Å². The molecule has 0 aliphatic carbocycles. The summed E-state index contributed by atoms with van der Waals surface area (Å²) in [4.78, 5) is 24.1. The number of aromatic amines is 1. The molecule has 0 aliphatic heterocycles. The van der Waals surface area contributed by atoms with Gasteiger partial charge in [0.2, 0.25) is 0 Å². The average Bonchev–Trinajstić information content (AvgIpc) is 3.13. The first-order valence-electron chi connectivity index (χ1n) is 8.90. The molecule has 4 aromatic rings. The summed E-state index contributed by atoms with van der Waals surface area (Å²) in [5, 5.41) is 4.18. The lowest BCUT2D eigenvalue weighted by atomic mass is 9.91. The van der Waals surface area contributed by atoms with Gasteiger partial charge >= 0.3 is 0 Å². The van der Waals surface area contributed by atoms with E-state index in [4.69, 9.17) is 0 Å². The highest BCUT2D eigenvalue weighted by molar-refractivity contribution is 5.92. The Kier molecular flexibility index (Phi) is 4.66. The summed E-state index contributed by atoms with van der Waals surface area (Å²) in [6, 6.07) is 18.4. The van der Waals surface area contributed by atoms with Crippen molar-refractivity contribution in [2.45, 2.75) is 12.8 Å². The first-order valence-corrected chi connectivity index (χ1v) is 8.90. The number of para-hydroxylation sites is 1. The standard InChI is InChI=1S/C22H20N4O/c1-15-11-24-21(14-23-15)22(27)26-12-18(16-7-3-2-4-8-16)19-13-25-20-10-6-5-9-17(19)20/h2-11,13-14,18,25H,12H2,1H3,(H,26,27)/t18-/m0/s1. The van der Waals surface area contributed by atoms with E-state index in [0.29, 0.717) is 12.2 Å². The van der Waals surface area contributed by atoms with E-state index in [0.717, 1.165) is 27.7 Å². The molecule has 2 aromatic carbocycles. The Bertz CT molecular complexity index is 1050. The van der Waals surface area contributed by atoms with Gasteiger partial charge in [-0.3, -0.25) is 9.78 Å². The molecule has 0 spiro atoms. The van der Waals surface area contributed by atoms with Crippen molar-refractivity contribution in [1.82, 2.24) is 20.3 Å². The van der Waals surface area contributed by atoms with Crippen LogP contribution in [0.3, 0.4) is 0 Å². The van der Waals surface area contributed by atoms with Crippen LogP contribution in [0.15, 0.2) is 73.2 Å². The molecular formula is C22H20N4O. The van der Waals surface area contributed by atoms with Gasteiger partial charge in [0.05, 0.1) is 11.9 Å². The molecule has 4 rings (SSSR count). The van der Waals surface area contributed by atoms with Crippen molar-refractivity contribution >= 4 is 16.8 Å². The minimum absolute atomic E-state index is 0.0321. The number of amides is 1. The summed E-state index contributed by atoms with van der Waals surface area (Å²) in [6.45, 7) is 2.32. The highest BCUT2D eigenvalue weighted by Crippen LogP contribution is 2.30. The van der Waals surface area contributed by atoms with E-state index < -0.39 is 0 Å². The van der Waals surface area contributed by atoms with Gasteiger partial charge in [0.15, 0.2) is 0 Å². The fourth-order valence-corrected chi connectivity index (χ4v) is 3.27. The second-order valence-corrected chi connectivity index (χ2v) is 6.51. The zero-order valence-corrected chi connectivity index (χ0v) is 15.0. The van der Waals surface area contributed by atoms with Gasteiger partial charge in [0, 0.05) is 35.8 Å². The molecule has 2 aromatic heterocycles. The summed E-state index contributed by atoms with van der Waals surface area (Å²) in [7, 11) is 0. The van der Waals surface area contributed by atoms with Crippen LogP contribution in [0, 0.1) is 6.92 Å². The molecule has 1 amide bonds. The minimum atomic E-state index is -0.219. The topological polar surface area (TPSA) is 70.7 Å². The van der Waals surface area contributed by atoms with Crippen LogP contribution in [0.4, 0.5) is 0 Å². The summed E-state index contributed by atoms with van der Waals surface area (Å²) in [6.07, 6.45) is 5.14. The maximum atomic E-state index is 12.5. The summed E-state index contributed by atoms with van der Waals surface area (Å²) >= 11 is 0. The van der Waals surface area contributed by atoms with Crippen molar-refractivity contribution < 1.29 is 4.79 Å². The molecule has 5 heteroatoms. The number of aromatic nitrogens is 3. The second kappa shape index (κ2) is 7.41. The van der Waals surface area contributed by atoms with Crippen molar-refractivity contribution in [2.24, 2.45) is 0 Å². The maximum Gasteiger partial charge on any atom is 0.271 e. The number of hydrogen-bond donors (Lipinski definition) is 2. The number of fused-ring (bicyclic) bond motifs is 1. The van der Waals surface area contributed by atoms with Crippen molar-refractivity contribution in [2.75, 3.05) is 6.54 Å².